The highest BCUT2D eigenvalue weighted by molar-refractivity contribution is 6.33. The zero-order valence-electron chi connectivity index (χ0n) is 11.4. The van der Waals surface area contributed by atoms with Crippen LogP contribution < -0.4 is 5.32 Å². The van der Waals surface area contributed by atoms with Gasteiger partial charge in [-0.15, -0.1) is 0 Å². The maximum atomic E-state index is 12.2. The molecule has 0 bridgehead atoms. The maximum absolute atomic E-state index is 12.2. The molecule has 1 aromatic carbocycles. The Balaban J connectivity index is 2.37. The number of amides is 1. The Kier molecular flexibility index (Phi) is 4.18. The molecule has 0 atom stereocenters. The molecular weight excluding hydrogens is 294 g/mol. The Hall–Kier alpha value is -2.47. The van der Waals surface area contributed by atoms with Crippen LogP contribution in [-0.4, -0.2) is 15.8 Å². The van der Waals surface area contributed by atoms with Gasteiger partial charge in [0.05, 0.1) is 4.92 Å². The molecule has 0 radical (unpaired) electrons. The van der Waals surface area contributed by atoms with Gasteiger partial charge < -0.3 is 5.32 Å². The van der Waals surface area contributed by atoms with E-state index in [0.29, 0.717) is 5.82 Å². The van der Waals surface area contributed by atoms with Crippen LogP contribution in [0.5, 0.6) is 0 Å². The molecule has 2 aromatic rings. The average molecular weight is 306 g/mol. The van der Waals surface area contributed by atoms with Crippen molar-refractivity contribution in [3.05, 3.63) is 62.3 Å². The summed E-state index contributed by atoms with van der Waals surface area (Å²) in [4.78, 5) is 26.7. The molecule has 0 saturated carbocycles. The van der Waals surface area contributed by atoms with E-state index in [0.717, 1.165) is 11.3 Å². The Morgan fingerprint density at radius 3 is 2.67 bits per heavy atom. The van der Waals surface area contributed by atoms with Gasteiger partial charge >= 0.3 is 5.69 Å². The Bertz CT molecular complexity index is 711. The van der Waals surface area contributed by atoms with E-state index in [1.807, 2.05) is 13.0 Å². The Morgan fingerprint density at radius 2 is 2.05 bits per heavy atom. The highest BCUT2D eigenvalue weighted by atomic mass is 35.5. The van der Waals surface area contributed by atoms with Crippen LogP contribution in [0.1, 0.15) is 21.6 Å². The number of nitro groups is 1. The first-order valence-corrected chi connectivity index (χ1v) is 6.46. The van der Waals surface area contributed by atoms with Gasteiger partial charge in [-0.3, -0.25) is 14.9 Å². The van der Waals surface area contributed by atoms with Crippen molar-refractivity contribution in [2.45, 2.75) is 13.8 Å². The second-order valence-electron chi connectivity index (χ2n) is 4.52. The van der Waals surface area contributed by atoms with Crippen LogP contribution >= 0.6 is 11.6 Å². The summed E-state index contributed by atoms with van der Waals surface area (Å²) in [5, 5.41) is 13.5. The number of rotatable bonds is 3. The smallest absolute Gasteiger partial charge is 0.300 e. The van der Waals surface area contributed by atoms with Crippen molar-refractivity contribution in [1.29, 1.82) is 0 Å². The fourth-order valence-electron chi connectivity index (χ4n) is 1.97. The summed E-state index contributed by atoms with van der Waals surface area (Å²) < 4.78 is 0. The number of pyridine rings is 1. The number of hydrogen-bond donors (Lipinski definition) is 1. The number of aromatic nitrogens is 1. The molecule has 0 unspecified atom stereocenters. The molecule has 2 rings (SSSR count). The van der Waals surface area contributed by atoms with Crippen LogP contribution in [0.3, 0.4) is 0 Å². The number of nitrogens with one attached hydrogen (secondary N) is 1. The van der Waals surface area contributed by atoms with E-state index >= 15 is 0 Å². The highest BCUT2D eigenvalue weighted by Crippen LogP contribution is 2.28. The van der Waals surface area contributed by atoms with Gasteiger partial charge in [-0.05, 0) is 43.7 Å². The molecule has 1 N–H and O–H groups in total. The molecule has 108 valence electrons. The van der Waals surface area contributed by atoms with Crippen molar-refractivity contribution in [2.75, 3.05) is 5.32 Å². The predicted octanol–water partition coefficient (Wildman–Crippen LogP) is 3.51. The molecule has 0 aliphatic heterocycles. The molecular formula is C14H12ClN3O3. The number of aryl methyl sites for hydroxylation is 2. The quantitative estimate of drug-likeness (QED) is 0.694. The summed E-state index contributed by atoms with van der Waals surface area (Å²) in [5.74, 6) is -0.284. The lowest BCUT2D eigenvalue weighted by Crippen LogP contribution is -2.15. The first-order chi connectivity index (χ1) is 9.88. The normalized spacial score (nSPS) is 10.2. The first kappa shape index (κ1) is 14.9. The minimum absolute atomic E-state index is 0.0824. The van der Waals surface area contributed by atoms with E-state index in [2.05, 4.69) is 10.3 Å². The molecule has 21 heavy (non-hydrogen) atoms. The van der Waals surface area contributed by atoms with Gasteiger partial charge in [0.25, 0.3) is 5.91 Å². The highest BCUT2D eigenvalue weighted by Gasteiger charge is 2.23. The molecule has 1 aromatic heterocycles. The first-order valence-electron chi connectivity index (χ1n) is 6.08. The minimum Gasteiger partial charge on any atom is -0.306 e. The zero-order chi connectivity index (χ0) is 15.6. The van der Waals surface area contributed by atoms with E-state index in [9.17, 15) is 14.9 Å². The van der Waals surface area contributed by atoms with E-state index in [1.165, 1.54) is 18.2 Å². The van der Waals surface area contributed by atoms with E-state index in [1.54, 1.807) is 13.0 Å². The third-order valence-corrected chi connectivity index (χ3v) is 3.06. The summed E-state index contributed by atoms with van der Waals surface area (Å²) in [6.45, 7) is 3.66. The summed E-state index contributed by atoms with van der Waals surface area (Å²) in [7, 11) is 0. The lowest BCUT2D eigenvalue weighted by molar-refractivity contribution is -0.385. The van der Waals surface area contributed by atoms with Gasteiger partial charge in [-0.1, -0.05) is 17.7 Å². The predicted molar refractivity (Wildman–Crippen MR) is 79.8 cm³/mol. The summed E-state index contributed by atoms with van der Waals surface area (Å²) in [5.41, 5.74) is 1.15. The summed E-state index contributed by atoms with van der Waals surface area (Å²) in [6.07, 6.45) is 0. The van der Waals surface area contributed by atoms with E-state index in [-0.39, 0.29) is 10.6 Å². The van der Waals surface area contributed by atoms with Crippen molar-refractivity contribution >= 4 is 29.0 Å². The topological polar surface area (TPSA) is 85.1 Å². The van der Waals surface area contributed by atoms with Gasteiger partial charge in [-0.25, -0.2) is 4.98 Å². The number of benzene rings is 1. The third kappa shape index (κ3) is 3.35. The number of para-hydroxylation sites is 1. The molecule has 1 heterocycles. The minimum atomic E-state index is -0.674. The van der Waals surface area contributed by atoms with Gasteiger partial charge in [0.2, 0.25) is 0 Å². The molecule has 0 aliphatic rings. The molecule has 1 amide bonds. The number of carbonyl (C=O) groups is 1. The van der Waals surface area contributed by atoms with Crippen molar-refractivity contribution in [3.8, 4) is 0 Å². The average Bonchev–Trinajstić information content (AvgIpc) is 2.36. The largest absolute Gasteiger partial charge is 0.306 e. The van der Waals surface area contributed by atoms with Gasteiger partial charge in [-0.2, -0.15) is 0 Å². The fraction of sp³-hybridized carbons (Fsp3) is 0.143. The van der Waals surface area contributed by atoms with Crippen molar-refractivity contribution in [2.24, 2.45) is 0 Å². The standard InChI is InChI=1S/C14H12ClN3O3/c1-8-6-9(2)16-12(7-8)17-14(19)10-4-3-5-11(15)13(10)18(20)21/h3-7H,1-2H3,(H,16,17,19). The second kappa shape index (κ2) is 5.88. The molecule has 6 nitrogen and oxygen atoms in total. The van der Waals surface area contributed by atoms with Crippen molar-refractivity contribution < 1.29 is 9.72 Å². The third-order valence-electron chi connectivity index (χ3n) is 2.75. The number of carbonyl (C=O) groups excluding carboxylic acids is 1. The number of nitro benzene ring substituents is 1. The number of anilines is 1. The SMILES string of the molecule is Cc1cc(C)nc(NC(=O)c2cccc(Cl)c2[N+](=O)[O-])c1. The number of nitrogens with zero attached hydrogens (tertiary/aromatic N) is 2. The van der Waals surface area contributed by atoms with Crippen LogP contribution in [0.2, 0.25) is 5.02 Å². The second-order valence-corrected chi connectivity index (χ2v) is 4.93. The maximum Gasteiger partial charge on any atom is 0.300 e. The monoisotopic (exact) mass is 305 g/mol. The number of halogens is 1. The summed E-state index contributed by atoms with van der Waals surface area (Å²) in [6, 6.07) is 7.74. The van der Waals surface area contributed by atoms with Crippen LogP contribution in [-0.2, 0) is 0 Å². The zero-order valence-corrected chi connectivity index (χ0v) is 12.1. The Labute approximate surface area is 125 Å². The van der Waals surface area contributed by atoms with Crippen molar-refractivity contribution in [3.63, 3.8) is 0 Å². The van der Waals surface area contributed by atoms with Crippen molar-refractivity contribution in [1.82, 2.24) is 4.98 Å². The lowest BCUT2D eigenvalue weighted by atomic mass is 10.1. The van der Waals surface area contributed by atoms with Crippen LogP contribution in [0, 0.1) is 24.0 Å². The fourth-order valence-corrected chi connectivity index (χ4v) is 2.22. The lowest BCUT2D eigenvalue weighted by Gasteiger charge is -2.07. The Morgan fingerprint density at radius 1 is 1.33 bits per heavy atom. The van der Waals surface area contributed by atoms with Crippen LogP contribution in [0.15, 0.2) is 30.3 Å². The van der Waals surface area contributed by atoms with Gasteiger partial charge in [0.15, 0.2) is 0 Å². The van der Waals surface area contributed by atoms with Crippen LogP contribution in [0.25, 0.3) is 0 Å². The van der Waals surface area contributed by atoms with Gasteiger partial charge in [0, 0.05) is 5.69 Å². The summed E-state index contributed by atoms with van der Waals surface area (Å²) >= 11 is 5.78. The van der Waals surface area contributed by atoms with Gasteiger partial charge in [0.1, 0.15) is 16.4 Å². The number of hydrogen-bond acceptors (Lipinski definition) is 4. The molecule has 0 aliphatic carbocycles. The molecule has 0 fully saturated rings. The van der Waals surface area contributed by atoms with Crippen LogP contribution in [0.4, 0.5) is 11.5 Å². The molecule has 0 saturated heterocycles. The van der Waals surface area contributed by atoms with E-state index < -0.39 is 16.5 Å². The molecule has 0 spiro atoms. The molecule has 7 heteroatoms. The van der Waals surface area contributed by atoms with E-state index in [4.69, 9.17) is 11.6 Å².